The molecule has 0 spiro atoms. The summed E-state index contributed by atoms with van der Waals surface area (Å²) in [5, 5.41) is 27.9. The number of carbonyl (C=O) groups excluding carboxylic acids is 1. The molecule has 23 heavy (non-hydrogen) atoms. The Bertz CT molecular complexity index is 385. The minimum atomic E-state index is -1.08. The molecule has 0 bridgehead atoms. The number of aliphatic hydroxyl groups excluding tert-OH is 2. The minimum Gasteiger partial charge on any atom is -0.481 e. The summed E-state index contributed by atoms with van der Waals surface area (Å²) in [4.78, 5) is 21.6. The highest BCUT2D eigenvalue weighted by Crippen LogP contribution is 2.23. The van der Waals surface area contributed by atoms with Gasteiger partial charge in [0.15, 0.2) is 6.29 Å². The lowest BCUT2D eigenvalue weighted by molar-refractivity contribution is -0.273. The van der Waals surface area contributed by atoms with Gasteiger partial charge in [0.2, 0.25) is 0 Å². The second-order valence-corrected chi connectivity index (χ2v) is 6.24. The Morgan fingerprint density at radius 1 is 1.22 bits per heavy atom. The average molecular weight is 332 g/mol. The van der Waals surface area contributed by atoms with E-state index in [4.69, 9.17) is 14.6 Å². The number of aliphatic carboxylic acids is 1. The largest absolute Gasteiger partial charge is 0.481 e. The van der Waals surface area contributed by atoms with Crippen LogP contribution in [0.2, 0.25) is 0 Å². The van der Waals surface area contributed by atoms with E-state index in [1.54, 1.807) is 6.92 Å². The number of aliphatic hydroxyl groups is 2. The highest BCUT2D eigenvalue weighted by atomic mass is 16.7. The number of carboxylic acids is 1. The molecule has 1 heterocycles. The number of ketones is 1. The normalized spacial score (nSPS) is 29.2. The highest BCUT2D eigenvalue weighted by Gasteiger charge is 2.35. The molecule has 7 nitrogen and oxygen atoms in total. The fourth-order valence-corrected chi connectivity index (χ4v) is 2.55. The third-order valence-electron chi connectivity index (χ3n) is 3.97. The average Bonchev–Trinajstić information content (AvgIpc) is 2.43. The van der Waals surface area contributed by atoms with Gasteiger partial charge in [0.1, 0.15) is 18.3 Å². The van der Waals surface area contributed by atoms with Gasteiger partial charge in [0.25, 0.3) is 0 Å². The summed E-state index contributed by atoms with van der Waals surface area (Å²) in [7, 11) is 0. The second kappa shape index (κ2) is 9.97. The maximum Gasteiger partial charge on any atom is 0.310 e. The van der Waals surface area contributed by atoms with Crippen molar-refractivity contribution in [1.82, 2.24) is 0 Å². The summed E-state index contributed by atoms with van der Waals surface area (Å²) in [5.41, 5.74) is 0. The molecule has 0 aromatic heterocycles. The molecule has 1 saturated heterocycles. The van der Waals surface area contributed by atoms with E-state index in [0.29, 0.717) is 12.8 Å². The SMILES string of the molecule is C[C@H](CCCCCC(=O)CC(=O)O)O[C@@H]1O[C@@H](C)[C@H](O)C[C@H]1O. The minimum absolute atomic E-state index is 0.105. The van der Waals surface area contributed by atoms with Crippen molar-refractivity contribution in [2.75, 3.05) is 0 Å². The van der Waals surface area contributed by atoms with E-state index in [-0.39, 0.29) is 24.4 Å². The van der Waals surface area contributed by atoms with Crippen molar-refractivity contribution in [2.45, 2.75) is 89.5 Å². The van der Waals surface area contributed by atoms with Crippen molar-refractivity contribution in [3.05, 3.63) is 0 Å². The van der Waals surface area contributed by atoms with Gasteiger partial charge in [0, 0.05) is 12.8 Å². The fraction of sp³-hybridized carbons (Fsp3) is 0.875. The van der Waals surface area contributed by atoms with Crippen LogP contribution in [-0.4, -0.2) is 57.8 Å². The number of carboxylic acid groups (broad SMARTS) is 1. The number of unbranched alkanes of at least 4 members (excludes halogenated alkanes) is 2. The molecule has 0 saturated carbocycles. The van der Waals surface area contributed by atoms with E-state index in [9.17, 15) is 19.8 Å². The Morgan fingerprint density at radius 2 is 1.91 bits per heavy atom. The van der Waals surface area contributed by atoms with Crippen molar-refractivity contribution in [2.24, 2.45) is 0 Å². The monoisotopic (exact) mass is 332 g/mol. The molecule has 7 heteroatoms. The zero-order valence-corrected chi connectivity index (χ0v) is 13.8. The van der Waals surface area contributed by atoms with Crippen molar-refractivity contribution in [1.29, 1.82) is 0 Å². The Kier molecular flexibility index (Phi) is 8.68. The standard InChI is InChI=1S/C16H28O7/c1-10(6-4-3-5-7-12(17)8-15(20)21)22-16-14(19)9-13(18)11(2)23-16/h10-11,13-14,16,18-19H,3-9H2,1-2H3,(H,20,21)/t10-,11+,13-,14-,16-/m1/s1. The predicted octanol–water partition coefficient (Wildman–Crippen LogP) is 1.24. The molecule has 0 radical (unpaired) electrons. The molecule has 1 fully saturated rings. The molecule has 1 aliphatic heterocycles. The van der Waals surface area contributed by atoms with E-state index in [1.807, 2.05) is 6.92 Å². The number of hydrogen-bond donors (Lipinski definition) is 3. The summed E-state index contributed by atoms with van der Waals surface area (Å²) in [5.74, 6) is -1.32. The molecule has 1 rings (SSSR count). The summed E-state index contributed by atoms with van der Waals surface area (Å²) in [6.45, 7) is 3.63. The second-order valence-electron chi connectivity index (χ2n) is 6.24. The third-order valence-corrected chi connectivity index (χ3v) is 3.97. The first kappa shape index (κ1) is 20.0. The Balaban J connectivity index is 2.13. The zero-order valence-electron chi connectivity index (χ0n) is 13.8. The van der Waals surface area contributed by atoms with Crippen LogP contribution in [0, 0.1) is 0 Å². The highest BCUT2D eigenvalue weighted by molar-refractivity contribution is 5.94. The summed E-state index contributed by atoms with van der Waals surface area (Å²) in [6, 6.07) is 0. The fourth-order valence-electron chi connectivity index (χ4n) is 2.55. The van der Waals surface area contributed by atoms with Gasteiger partial charge in [-0.3, -0.25) is 9.59 Å². The molecule has 0 unspecified atom stereocenters. The molecule has 134 valence electrons. The summed E-state index contributed by atoms with van der Waals surface area (Å²) in [6.07, 6.45) is 0.530. The first-order valence-corrected chi connectivity index (χ1v) is 8.20. The Labute approximate surface area is 136 Å². The van der Waals surface area contributed by atoms with E-state index in [2.05, 4.69) is 0 Å². The number of rotatable bonds is 10. The van der Waals surface area contributed by atoms with Gasteiger partial charge >= 0.3 is 5.97 Å². The molecule has 5 atom stereocenters. The van der Waals surface area contributed by atoms with Crippen LogP contribution in [-0.2, 0) is 19.1 Å². The maximum atomic E-state index is 11.2. The van der Waals surface area contributed by atoms with E-state index in [1.165, 1.54) is 0 Å². The lowest BCUT2D eigenvalue weighted by Crippen LogP contribution is -2.48. The lowest BCUT2D eigenvalue weighted by Gasteiger charge is -2.36. The van der Waals surface area contributed by atoms with Gasteiger partial charge in [-0.2, -0.15) is 0 Å². The molecule has 1 aliphatic rings. The zero-order chi connectivity index (χ0) is 17.4. The number of ether oxygens (including phenoxy) is 2. The van der Waals surface area contributed by atoms with Crippen LogP contribution in [0.4, 0.5) is 0 Å². The van der Waals surface area contributed by atoms with Crippen molar-refractivity contribution >= 4 is 11.8 Å². The van der Waals surface area contributed by atoms with Gasteiger partial charge < -0.3 is 24.8 Å². The number of carbonyl (C=O) groups is 2. The van der Waals surface area contributed by atoms with E-state index >= 15 is 0 Å². The Morgan fingerprint density at radius 3 is 2.57 bits per heavy atom. The van der Waals surface area contributed by atoms with Crippen LogP contribution in [0.5, 0.6) is 0 Å². The number of hydrogen-bond acceptors (Lipinski definition) is 6. The molecular formula is C16H28O7. The van der Waals surface area contributed by atoms with Crippen LogP contribution in [0.3, 0.4) is 0 Å². The topological polar surface area (TPSA) is 113 Å². The molecule has 0 aromatic rings. The molecular weight excluding hydrogens is 304 g/mol. The van der Waals surface area contributed by atoms with Crippen LogP contribution in [0.15, 0.2) is 0 Å². The summed E-state index contributed by atoms with van der Waals surface area (Å²) < 4.78 is 11.1. The van der Waals surface area contributed by atoms with Gasteiger partial charge in [-0.1, -0.05) is 12.8 Å². The van der Waals surface area contributed by atoms with Crippen molar-refractivity contribution in [3.63, 3.8) is 0 Å². The lowest BCUT2D eigenvalue weighted by atomic mass is 10.0. The van der Waals surface area contributed by atoms with Crippen LogP contribution < -0.4 is 0 Å². The molecule has 0 aromatic carbocycles. The summed E-state index contributed by atoms with van der Waals surface area (Å²) >= 11 is 0. The van der Waals surface area contributed by atoms with Crippen molar-refractivity contribution in [3.8, 4) is 0 Å². The van der Waals surface area contributed by atoms with E-state index in [0.717, 1.165) is 19.3 Å². The van der Waals surface area contributed by atoms with E-state index < -0.39 is 30.9 Å². The van der Waals surface area contributed by atoms with Gasteiger partial charge in [-0.25, -0.2) is 0 Å². The van der Waals surface area contributed by atoms with Gasteiger partial charge in [-0.05, 0) is 26.7 Å². The van der Waals surface area contributed by atoms with Crippen LogP contribution in [0.1, 0.15) is 58.8 Å². The molecule has 3 N–H and O–H groups in total. The van der Waals surface area contributed by atoms with Gasteiger partial charge in [-0.15, -0.1) is 0 Å². The predicted molar refractivity (Wildman–Crippen MR) is 81.9 cm³/mol. The Hall–Kier alpha value is -1.02. The first-order chi connectivity index (χ1) is 10.8. The smallest absolute Gasteiger partial charge is 0.310 e. The van der Waals surface area contributed by atoms with Crippen LogP contribution in [0.25, 0.3) is 0 Å². The van der Waals surface area contributed by atoms with Crippen LogP contribution >= 0.6 is 0 Å². The molecule has 0 aliphatic carbocycles. The maximum absolute atomic E-state index is 11.2. The van der Waals surface area contributed by atoms with Crippen molar-refractivity contribution < 1.29 is 34.4 Å². The van der Waals surface area contributed by atoms with Gasteiger partial charge in [0.05, 0.1) is 18.3 Å². The first-order valence-electron chi connectivity index (χ1n) is 8.20. The third kappa shape index (κ3) is 7.87. The number of Topliss-reactive ketones (excluding diaryl/α,β-unsaturated/α-hetero) is 1. The quantitative estimate of drug-likeness (QED) is 0.407. The molecule has 0 amide bonds.